The van der Waals surface area contributed by atoms with Gasteiger partial charge in [0.25, 0.3) is 0 Å². The second-order valence-corrected chi connectivity index (χ2v) is 4.39. The first-order chi connectivity index (χ1) is 6.88. The lowest BCUT2D eigenvalue weighted by Gasteiger charge is -2.30. The lowest BCUT2D eigenvalue weighted by molar-refractivity contribution is 0.170. The van der Waals surface area contributed by atoms with Crippen LogP contribution in [0.3, 0.4) is 0 Å². The largest absolute Gasteiger partial charge is 0.385 e. The van der Waals surface area contributed by atoms with Crippen molar-refractivity contribution in [3.8, 4) is 0 Å². The van der Waals surface area contributed by atoms with Crippen LogP contribution in [0.5, 0.6) is 0 Å². The zero-order valence-corrected chi connectivity index (χ0v) is 9.72. The number of rotatable bonds is 6. The Morgan fingerprint density at radius 3 is 2.64 bits per heavy atom. The van der Waals surface area contributed by atoms with E-state index in [2.05, 4.69) is 12.2 Å². The molecule has 2 nitrogen and oxygen atoms in total. The van der Waals surface area contributed by atoms with Crippen LogP contribution in [0.4, 0.5) is 0 Å². The van der Waals surface area contributed by atoms with Crippen molar-refractivity contribution in [3.63, 3.8) is 0 Å². The predicted molar refractivity (Wildman–Crippen MR) is 60.5 cm³/mol. The molecule has 0 radical (unpaired) electrons. The van der Waals surface area contributed by atoms with Gasteiger partial charge in [-0.2, -0.15) is 0 Å². The Bertz CT molecular complexity index is 132. The molecule has 1 rings (SSSR count). The third-order valence-electron chi connectivity index (χ3n) is 3.50. The summed E-state index contributed by atoms with van der Waals surface area (Å²) in [4.78, 5) is 0. The zero-order valence-electron chi connectivity index (χ0n) is 9.72. The molecular weight excluding hydrogens is 174 g/mol. The van der Waals surface area contributed by atoms with Crippen molar-refractivity contribution in [1.82, 2.24) is 5.32 Å². The molecule has 0 spiro atoms. The molecule has 0 aliphatic carbocycles. The maximum atomic E-state index is 5.11. The van der Waals surface area contributed by atoms with E-state index in [1.54, 1.807) is 7.11 Å². The fraction of sp³-hybridized carbons (Fsp3) is 1.00. The van der Waals surface area contributed by atoms with E-state index in [1.807, 2.05) is 0 Å². The number of hydrogen-bond acceptors (Lipinski definition) is 2. The van der Waals surface area contributed by atoms with Gasteiger partial charge in [0.05, 0.1) is 0 Å². The average Bonchev–Trinajstić information content (AvgIpc) is 2.26. The molecule has 14 heavy (non-hydrogen) atoms. The van der Waals surface area contributed by atoms with Crippen LogP contribution in [-0.4, -0.2) is 26.8 Å². The van der Waals surface area contributed by atoms with Crippen LogP contribution >= 0.6 is 0 Å². The molecule has 1 heterocycles. The van der Waals surface area contributed by atoms with Gasteiger partial charge in [0.15, 0.2) is 0 Å². The van der Waals surface area contributed by atoms with Gasteiger partial charge in [0.1, 0.15) is 0 Å². The summed E-state index contributed by atoms with van der Waals surface area (Å²) in [5.41, 5.74) is 0. The summed E-state index contributed by atoms with van der Waals surface area (Å²) in [6.45, 7) is 5.72. The molecule has 0 aromatic heterocycles. The molecule has 1 aliphatic rings. The van der Waals surface area contributed by atoms with Crippen LogP contribution < -0.4 is 5.32 Å². The number of nitrogens with one attached hydrogen (secondary N) is 1. The SMILES string of the molecule is CCC(CCCOC)C1CCNCC1. The van der Waals surface area contributed by atoms with Gasteiger partial charge in [-0.25, -0.2) is 0 Å². The van der Waals surface area contributed by atoms with Crippen LogP contribution in [0.25, 0.3) is 0 Å². The minimum atomic E-state index is 0.932. The molecule has 0 saturated carbocycles. The van der Waals surface area contributed by atoms with Gasteiger partial charge < -0.3 is 10.1 Å². The van der Waals surface area contributed by atoms with Crippen molar-refractivity contribution in [2.75, 3.05) is 26.8 Å². The Kier molecular flexibility index (Phi) is 6.20. The predicted octanol–water partition coefficient (Wildman–Crippen LogP) is 2.44. The molecule has 1 N–H and O–H groups in total. The van der Waals surface area contributed by atoms with Gasteiger partial charge in [0, 0.05) is 13.7 Å². The van der Waals surface area contributed by atoms with E-state index in [9.17, 15) is 0 Å². The summed E-state index contributed by atoms with van der Waals surface area (Å²) in [5, 5.41) is 3.44. The Labute approximate surface area is 88.4 Å². The highest BCUT2D eigenvalue weighted by molar-refractivity contribution is 4.75. The summed E-state index contributed by atoms with van der Waals surface area (Å²) in [7, 11) is 1.80. The molecule has 1 fully saturated rings. The van der Waals surface area contributed by atoms with E-state index in [4.69, 9.17) is 4.74 Å². The minimum absolute atomic E-state index is 0.932. The Morgan fingerprint density at radius 2 is 2.07 bits per heavy atom. The van der Waals surface area contributed by atoms with Crippen molar-refractivity contribution in [2.45, 2.75) is 39.0 Å². The van der Waals surface area contributed by atoms with Crippen LogP contribution in [0.1, 0.15) is 39.0 Å². The molecule has 2 heteroatoms. The van der Waals surface area contributed by atoms with E-state index in [1.165, 1.54) is 45.2 Å². The van der Waals surface area contributed by atoms with E-state index in [0.717, 1.165) is 18.4 Å². The summed E-state index contributed by atoms with van der Waals surface area (Å²) in [6.07, 6.45) is 6.69. The van der Waals surface area contributed by atoms with Crippen molar-refractivity contribution in [1.29, 1.82) is 0 Å². The van der Waals surface area contributed by atoms with E-state index >= 15 is 0 Å². The maximum Gasteiger partial charge on any atom is 0.0462 e. The van der Waals surface area contributed by atoms with E-state index < -0.39 is 0 Å². The standard InChI is InChI=1S/C12H25NO/c1-3-11(5-4-10-14-2)12-6-8-13-9-7-12/h11-13H,3-10H2,1-2H3. The number of ether oxygens (including phenoxy) is 1. The Morgan fingerprint density at radius 1 is 1.36 bits per heavy atom. The van der Waals surface area contributed by atoms with E-state index in [0.29, 0.717) is 0 Å². The van der Waals surface area contributed by atoms with Crippen LogP contribution in [-0.2, 0) is 4.74 Å². The lowest BCUT2D eigenvalue weighted by atomic mass is 9.81. The maximum absolute atomic E-state index is 5.11. The fourth-order valence-electron chi connectivity index (χ4n) is 2.58. The third-order valence-corrected chi connectivity index (χ3v) is 3.50. The smallest absolute Gasteiger partial charge is 0.0462 e. The van der Waals surface area contributed by atoms with Crippen molar-refractivity contribution >= 4 is 0 Å². The highest BCUT2D eigenvalue weighted by Crippen LogP contribution is 2.28. The molecule has 0 bridgehead atoms. The summed E-state index contributed by atoms with van der Waals surface area (Å²) in [5.74, 6) is 1.91. The second kappa shape index (κ2) is 7.24. The highest BCUT2D eigenvalue weighted by Gasteiger charge is 2.21. The first-order valence-electron chi connectivity index (χ1n) is 6.08. The molecule has 0 amide bonds. The van der Waals surface area contributed by atoms with Gasteiger partial charge in [0.2, 0.25) is 0 Å². The van der Waals surface area contributed by atoms with Gasteiger partial charge >= 0.3 is 0 Å². The van der Waals surface area contributed by atoms with Gasteiger partial charge in [-0.05, 0) is 50.6 Å². The van der Waals surface area contributed by atoms with E-state index in [-0.39, 0.29) is 0 Å². The minimum Gasteiger partial charge on any atom is -0.385 e. The average molecular weight is 199 g/mol. The number of piperidine rings is 1. The Hall–Kier alpha value is -0.0800. The Balaban J connectivity index is 2.21. The summed E-state index contributed by atoms with van der Waals surface area (Å²) < 4.78 is 5.11. The fourth-order valence-corrected chi connectivity index (χ4v) is 2.58. The molecule has 1 atom stereocenters. The lowest BCUT2D eigenvalue weighted by Crippen LogP contribution is -2.31. The monoisotopic (exact) mass is 199 g/mol. The van der Waals surface area contributed by atoms with Crippen LogP contribution in [0.2, 0.25) is 0 Å². The normalized spacial score (nSPS) is 21.0. The van der Waals surface area contributed by atoms with Gasteiger partial charge in [-0.15, -0.1) is 0 Å². The molecule has 1 saturated heterocycles. The van der Waals surface area contributed by atoms with Gasteiger partial charge in [-0.1, -0.05) is 13.3 Å². The first-order valence-corrected chi connectivity index (χ1v) is 6.08. The molecular formula is C12H25NO. The molecule has 1 unspecified atom stereocenters. The number of methoxy groups -OCH3 is 1. The molecule has 0 aromatic carbocycles. The molecule has 1 aliphatic heterocycles. The first kappa shape index (κ1) is 12.0. The summed E-state index contributed by atoms with van der Waals surface area (Å²) >= 11 is 0. The molecule has 84 valence electrons. The second-order valence-electron chi connectivity index (χ2n) is 4.39. The van der Waals surface area contributed by atoms with Crippen molar-refractivity contribution in [3.05, 3.63) is 0 Å². The van der Waals surface area contributed by atoms with Crippen LogP contribution in [0, 0.1) is 11.8 Å². The third kappa shape index (κ3) is 3.97. The zero-order chi connectivity index (χ0) is 10.2. The van der Waals surface area contributed by atoms with Crippen molar-refractivity contribution < 1.29 is 4.74 Å². The number of hydrogen-bond donors (Lipinski definition) is 1. The topological polar surface area (TPSA) is 21.3 Å². The summed E-state index contributed by atoms with van der Waals surface area (Å²) in [6, 6.07) is 0. The van der Waals surface area contributed by atoms with Crippen LogP contribution in [0.15, 0.2) is 0 Å². The quantitative estimate of drug-likeness (QED) is 0.663. The molecule has 0 aromatic rings. The van der Waals surface area contributed by atoms with Crippen molar-refractivity contribution in [2.24, 2.45) is 11.8 Å². The highest BCUT2D eigenvalue weighted by atomic mass is 16.5. The van der Waals surface area contributed by atoms with Gasteiger partial charge in [-0.3, -0.25) is 0 Å².